The van der Waals surface area contributed by atoms with E-state index in [9.17, 15) is 9.59 Å². The van der Waals surface area contributed by atoms with Crippen LogP contribution >= 0.6 is 0 Å². The molecule has 0 aliphatic heterocycles. The van der Waals surface area contributed by atoms with Gasteiger partial charge in [0.1, 0.15) is 5.82 Å². The molecule has 0 amide bonds. The maximum atomic E-state index is 12.4. The number of methoxy groups -OCH3 is 1. The van der Waals surface area contributed by atoms with Gasteiger partial charge < -0.3 is 15.0 Å². The van der Waals surface area contributed by atoms with Crippen molar-refractivity contribution < 1.29 is 9.53 Å². The van der Waals surface area contributed by atoms with E-state index in [2.05, 4.69) is 15.3 Å². The number of esters is 1. The Morgan fingerprint density at radius 2 is 1.80 bits per heavy atom. The molecule has 8 heteroatoms. The first-order chi connectivity index (χ1) is 17.0. The number of carbonyl (C=O) groups is 1. The molecule has 0 fully saturated rings. The number of anilines is 2. The third kappa shape index (κ3) is 4.06. The van der Waals surface area contributed by atoms with Crippen molar-refractivity contribution in [1.82, 2.24) is 19.7 Å². The zero-order chi connectivity index (χ0) is 24.5. The number of aromatic amines is 1. The topological polar surface area (TPSA) is 102 Å². The number of benzene rings is 3. The minimum atomic E-state index is -0.442. The molecule has 0 aliphatic rings. The second-order valence-corrected chi connectivity index (χ2v) is 8.15. The lowest BCUT2D eigenvalue weighted by Crippen LogP contribution is -2.09. The average molecular weight is 466 g/mol. The van der Waals surface area contributed by atoms with Gasteiger partial charge in [0, 0.05) is 5.56 Å². The minimum absolute atomic E-state index is 0.271. The molecule has 2 aromatic heterocycles. The molecule has 0 saturated heterocycles. The summed E-state index contributed by atoms with van der Waals surface area (Å²) >= 11 is 0. The van der Waals surface area contributed by atoms with Gasteiger partial charge in [-0.25, -0.2) is 14.5 Å². The van der Waals surface area contributed by atoms with E-state index in [1.54, 1.807) is 12.1 Å². The van der Waals surface area contributed by atoms with E-state index in [4.69, 9.17) is 9.84 Å². The summed E-state index contributed by atoms with van der Waals surface area (Å²) in [6.07, 6.45) is 1.26. The van der Waals surface area contributed by atoms with E-state index in [-0.39, 0.29) is 5.56 Å². The number of ether oxygens (including phenoxy) is 1. The molecule has 5 aromatic rings. The second kappa shape index (κ2) is 8.90. The highest BCUT2D eigenvalue weighted by Gasteiger charge is 2.22. The van der Waals surface area contributed by atoms with E-state index >= 15 is 0 Å². The number of H-pyrrole nitrogens is 1. The molecule has 0 bridgehead atoms. The molecular weight excluding hydrogens is 442 g/mol. The van der Waals surface area contributed by atoms with Crippen LogP contribution in [0.25, 0.3) is 27.8 Å². The molecule has 174 valence electrons. The Bertz CT molecular complexity index is 1630. The van der Waals surface area contributed by atoms with Crippen molar-refractivity contribution in [3.63, 3.8) is 0 Å². The maximum Gasteiger partial charge on any atom is 0.339 e. The van der Waals surface area contributed by atoms with E-state index in [0.717, 1.165) is 28.1 Å². The van der Waals surface area contributed by atoms with Gasteiger partial charge in [0.15, 0.2) is 0 Å². The highest BCUT2D eigenvalue weighted by atomic mass is 16.5. The standard InChI is InChI=1S/C27H23N5O3/c1-16-8-4-7-11-23(16)32-26(30-20-10-6-5-9-19(20)27(34)35-3)25(17(2)31-32)18-12-13-21-22(14-18)29-24(33)15-28-21/h4-15,30H,1-3H3,(H,29,33). The average Bonchev–Trinajstić information content (AvgIpc) is 3.18. The first kappa shape index (κ1) is 22.1. The molecule has 2 N–H and O–H groups in total. The zero-order valence-electron chi connectivity index (χ0n) is 19.5. The van der Waals surface area contributed by atoms with Gasteiger partial charge in [-0.3, -0.25) is 4.79 Å². The summed E-state index contributed by atoms with van der Waals surface area (Å²) in [6.45, 7) is 3.95. The quantitative estimate of drug-likeness (QED) is 0.357. The molecule has 5 rings (SSSR count). The van der Waals surface area contributed by atoms with Crippen LogP contribution in [0, 0.1) is 13.8 Å². The molecule has 0 spiro atoms. The Balaban J connectivity index is 1.76. The fraction of sp³-hybridized carbons (Fsp3) is 0.111. The SMILES string of the molecule is COC(=O)c1ccccc1Nc1c(-c2ccc3ncc(=O)[nH]c3c2)c(C)nn1-c1ccccc1C. The summed E-state index contributed by atoms with van der Waals surface area (Å²) < 4.78 is 6.82. The van der Waals surface area contributed by atoms with Crippen molar-refractivity contribution in [3.05, 3.63) is 100 Å². The van der Waals surface area contributed by atoms with Crippen LogP contribution in [-0.4, -0.2) is 32.8 Å². The van der Waals surface area contributed by atoms with Crippen LogP contribution in [0.15, 0.2) is 77.7 Å². The van der Waals surface area contributed by atoms with Crippen LogP contribution < -0.4 is 10.9 Å². The van der Waals surface area contributed by atoms with E-state index in [1.807, 2.05) is 73.1 Å². The summed E-state index contributed by atoms with van der Waals surface area (Å²) in [5.74, 6) is 0.237. The number of fused-ring (bicyclic) bond motifs is 1. The fourth-order valence-corrected chi connectivity index (χ4v) is 4.17. The Hall–Kier alpha value is -4.72. The Labute approximate surface area is 201 Å². The number of carbonyl (C=O) groups excluding carboxylic acids is 1. The van der Waals surface area contributed by atoms with Gasteiger partial charge in [-0.05, 0) is 55.3 Å². The van der Waals surface area contributed by atoms with Crippen molar-refractivity contribution in [2.24, 2.45) is 0 Å². The lowest BCUT2D eigenvalue weighted by molar-refractivity contribution is 0.0602. The zero-order valence-corrected chi connectivity index (χ0v) is 19.5. The van der Waals surface area contributed by atoms with Crippen LogP contribution in [-0.2, 0) is 4.74 Å². The monoisotopic (exact) mass is 465 g/mol. The van der Waals surface area contributed by atoms with E-state index < -0.39 is 5.97 Å². The van der Waals surface area contributed by atoms with Gasteiger partial charge in [-0.2, -0.15) is 5.10 Å². The third-order valence-corrected chi connectivity index (χ3v) is 5.85. The van der Waals surface area contributed by atoms with Crippen LogP contribution in [0.3, 0.4) is 0 Å². The number of hydrogen-bond acceptors (Lipinski definition) is 6. The maximum absolute atomic E-state index is 12.4. The predicted octanol–water partition coefficient (Wildman–Crippen LogP) is 4.92. The fourth-order valence-electron chi connectivity index (χ4n) is 4.17. The van der Waals surface area contributed by atoms with Crippen LogP contribution in [0.4, 0.5) is 11.5 Å². The Morgan fingerprint density at radius 3 is 2.60 bits per heavy atom. The first-order valence-electron chi connectivity index (χ1n) is 11.1. The van der Waals surface area contributed by atoms with E-state index in [0.29, 0.717) is 28.1 Å². The smallest absolute Gasteiger partial charge is 0.339 e. The first-order valence-corrected chi connectivity index (χ1v) is 11.1. The molecule has 0 radical (unpaired) electrons. The number of aromatic nitrogens is 4. The van der Waals surface area contributed by atoms with Gasteiger partial charge in [-0.1, -0.05) is 36.4 Å². The largest absolute Gasteiger partial charge is 0.465 e. The molecule has 8 nitrogen and oxygen atoms in total. The summed E-state index contributed by atoms with van der Waals surface area (Å²) in [7, 11) is 1.36. The lowest BCUT2D eigenvalue weighted by atomic mass is 10.0. The molecule has 0 aliphatic carbocycles. The van der Waals surface area contributed by atoms with Crippen molar-refractivity contribution in [1.29, 1.82) is 0 Å². The molecule has 35 heavy (non-hydrogen) atoms. The Morgan fingerprint density at radius 1 is 1.03 bits per heavy atom. The van der Waals surface area contributed by atoms with Crippen molar-refractivity contribution in [2.45, 2.75) is 13.8 Å². The van der Waals surface area contributed by atoms with E-state index in [1.165, 1.54) is 13.3 Å². The second-order valence-electron chi connectivity index (χ2n) is 8.15. The molecular formula is C27H23N5O3. The van der Waals surface area contributed by atoms with Crippen LogP contribution in [0.2, 0.25) is 0 Å². The molecule has 3 aromatic carbocycles. The van der Waals surface area contributed by atoms with Crippen LogP contribution in [0.5, 0.6) is 0 Å². The summed E-state index contributed by atoms with van der Waals surface area (Å²) in [5.41, 5.74) is 6.42. The van der Waals surface area contributed by atoms with Gasteiger partial charge in [0.2, 0.25) is 0 Å². The number of rotatable bonds is 5. The summed E-state index contributed by atoms with van der Waals surface area (Å²) in [6, 6.07) is 20.8. The normalized spacial score (nSPS) is 10.9. The number of hydrogen-bond donors (Lipinski definition) is 2. The third-order valence-electron chi connectivity index (χ3n) is 5.85. The highest BCUT2D eigenvalue weighted by Crippen LogP contribution is 2.37. The lowest BCUT2D eigenvalue weighted by Gasteiger charge is -2.16. The molecule has 0 atom stereocenters. The van der Waals surface area contributed by atoms with Gasteiger partial charge in [0.25, 0.3) is 5.56 Å². The van der Waals surface area contributed by atoms with Crippen molar-refractivity contribution >= 4 is 28.5 Å². The molecule has 2 heterocycles. The number of nitrogens with one attached hydrogen (secondary N) is 2. The van der Waals surface area contributed by atoms with Gasteiger partial charge in [-0.15, -0.1) is 0 Å². The van der Waals surface area contributed by atoms with Crippen molar-refractivity contribution in [2.75, 3.05) is 12.4 Å². The molecule has 0 unspecified atom stereocenters. The minimum Gasteiger partial charge on any atom is -0.465 e. The number of nitrogens with zero attached hydrogens (tertiary/aromatic N) is 3. The van der Waals surface area contributed by atoms with Gasteiger partial charge in [0.05, 0.1) is 47.0 Å². The summed E-state index contributed by atoms with van der Waals surface area (Å²) in [4.78, 5) is 31.4. The van der Waals surface area contributed by atoms with Gasteiger partial charge >= 0.3 is 5.97 Å². The Kier molecular flexibility index (Phi) is 5.62. The van der Waals surface area contributed by atoms with Crippen LogP contribution in [0.1, 0.15) is 21.6 Å². The predicted molar refractivity (Wildman–Crippen MR) is 135 cm³/mol. The number of aryl methyl sites for hydroxylation is 2. The number of para-hydroxylation sites is 2. The molecule has 0 saturated carbocycles. The summed E-state index contributed by atoms with van der Waals surface area (Å²) in [5, 5.41) is 8.30. The highest BCUT2D eigenvalue weighted by molar-refractivity contribution is 5.97. The van der Waals surface area contributed by atoms with Crippen molar-refractivity contribution in [3.8, 4) is 16.8 Å².